The van der Waals surface area contributed by atoms with Crippen molar-refractivity contribution in [2.45, 2.75) is 0 Å². The van der Waals surface area contributed by atoms with Crippen molar-refractivity contribution in [1.29, 1.82) is 0 Å². The van der Waals surface area contributed by atoms with E-state index in [0.29, 0.717) is 36.9 Å². The van der Waals surface area contributed by atoms with E-state index in [1.54, 1.807) is 37.3 Å². The van der Waals surface area contributed by atoms with E-state index in [1.807, 2.05) is 0 Å². The van der Waals surface area contributed by atoms with E-state index in [0.717, 1.165) is 4.47 Å². The molecular weight excluding hydrogens is 334 g/mol. The lowest BCUT2D eigenvalue weighted by Crippen LogP contribution is -2.36. The molecule has 0 bridgehead atoms. The number of halogens is 2. The lowest BCUT2D eigenvalue weighted by atomic mass is 10.2. The molecule has 0 aliphatic heterocycles. The first-order valence-corrected chi connectivity index (χ1v) is 6.99. The highest BCUT2D eigenvalue weighted by Gasteiger charge is 2.16. The van der Waals surface area contributed by atoms with Crippen LogP contribution < -0.4 is 0 Å². The van der Waals surface area contributed by atoms with Gasteiger partial charge in [0, 0.05) is 37.3 Å². The van der Waals surface area contributed by atoms with Crippen molar-refractivity contribution in [2.24, 2.45) is 0 Å². The fourth-order valence-corrected chi connectivity index (χ4v) is 1.96. The first kappa shape index (κ1) is 16.4. The van der Waals surface area contributed by atoms with E-state index in [1.165, 1.54) is 0 Å². The smallest absolute Gasteiger partial charge is 0.254 e. The van der Waals surface area contributed by atoms with Crippen molar-refractivity contribution in [3.05, 3.63) is 33.3 Å². The van der Waals surface area contributed by atoms with Crippen molar-refractivity contribution in [2.75, 3.05) is 40.5 Å². The van der Waals surface area contributed by atoms with E-state index < -0.39 is 0 Å². The first-order valence-electron chi connectivity index (χ1n) is 5.82. The highest BCUT2D eigenvalue weighted by Crippen LogP contribution is 2.23. The molecule has 0 atom stereocenters. The second-order valence-electron chi connectivity index (χ2n) is 3.91. The van der Waals surface area contributed by atoms with Crippen LogP contribution >= 0.6 is 27.5 Å². The molecule has 106 valence electrons. The molecule has 0 saturated heterocycles. The van der Waals surface area contributed by atoms with Gasteiger partial charge in [0.25, 0.3) is 5.91 Å². The number of benzene rings is 1. The van der Waals surface area contributed by atoms with Crippen molar-refractivity contribution in [3.8, 4) is 0 Å². The molecule has 19 heavy (non-hydrogen) atoms. The number of methoxy groups -OCH3 is 2. The summed E-state index contributed by atoms with van der Waals surface area (Å²) in [5.41, 5.74) is 0.556. The third-order valence-electron chi connectivity index (χ3n) is 2.58. The second kappa shape index (κ2) is 8.53. The van der Waals surface area contributed by atoms with Gasteiger partial charge in [0.15, 0.2) is 0 Å². The molecule has 0 spiro atoms. The Morgan fingerprint density at radius 3 is 2.32 bits per heavy atom. The Hall–Kier alpha value is -0.620. The molecule has 1 aromatic rings. The molecule has 0 saturated carbocycles. The molecule has 0 fully saturated rings. The highest BCUT2D eigenvalue weighted by atomic mass is 79.9. The van der Waals surface area contributed by atoms with Crippen LogP contribution in [0, 0.1) is 0 Å². The molecule has 0 aliphatic rings. The van der Waals surface area contributed by atoms with Gasteiger partial charge in [-0.3, -0.25) is 4.79 Å². The summed E-state index contributed by atoms with van der Waals surface area (Å²) in [5.74, 6) is -0.0801. The lowest BCUT2D eigenvalue weighted by molar-refractivity contribution is 0.0627. The summed E-state index contributed by atoms with van der Waals surface area (Å²) in [7, 11) is 3.21. The van der Waals surface area contributed by atoms with Crippen LogP contribution in [0.4, 0.5) is 0 Å². The molecule has 0 radical (unpaired) electrons. The van der Waals surface area contributed by atoms with Crippen LogP contribution in [0.1, 0.15) is 10.4 Å². The Balaban J connectivity index is 2.81. The zero-order valence-corrected chi connectivity index (χ0v) is 13.3. The van der Waals surface area contributed by atoms with Gasteiger partial charge in [0.2, 0.25) is 0 Å². The predicted octanol–water partition coefficient (Wildman–Crippen LogP) is 2.84. The van der Waals surface area contributed by atoms with E-state index in [-0.39, 0.29) is 5.91 Å². The molecule has 0 unspecified atom stereocenters. The molecule has 0 aromatic heterocycles. The van der Waals surface area contributed by atoms with Gasteiger partial charge in [-0.1, -0.05) is 11.6 Å². The Morgan fingerprint density at radius 1 is 1.26 bits per heavy atom. The van der Waals surface area contributed by atoms with E-state index in [9.17, 15) is 4.79 Å². The highest BCUT2D eigenvalue weighted by molar-refractivity contribution is 9.10. The molecule has 1 rings (SSSR count). The minimum Gasteiger partial charge on any atom is -0.383 e. The summed E-state index contributed by atoms with van der Waals surface area (Å²) in [6.07, 6.45) is 0. The summed E-state index contributed by atoms with van der Waals surface area (Å²) in [6, 6.07) is 5.16. The summed E-state index contributed by atoms with van der Waals surface area (Å²) >= 11 is 9.31. The van der Waals surface area contributed by atoms with Gasteiger partial charge in [0.1, 0.15) is 0 Å². The Labute approximate surface area is 126 Å². The molecule has 1 aromatic carbocycles. The van der Waals surface area contributed by atoms with Gasteiger partial charge < -0.3 is 14.4 Å². The van der Waals surface area contributed by atoms with Crippen LogP contribution in [0.3, 0.4) is 0 Å². The number of hydrogen-bond acceptors (Lipinski definition) is 3. The van der Waals surface area contributed by atoms with Crippen LogP contribution in [0.2, 0.25) is 5.02 Å². The standard InChI is InChI=1S/C13H17BrClNO3/c1-18-7-5-16(6-8-19-2)13(17)10-3-4-11(14)12(15)9-10/h3-4,9H,5-8H2,1-2H3. The van der Waals surface area contributed by atoms with Gasteiger partial charge in [-0.25, -0.2) is 0 Å². The van der Waals surface area contributed by atoms with Crippen LogP contribution in [-0.2, 0) is 9.47 Å². The van der Waals surface area contributed by atoms with Gasteiger partial charge in [-0.2, -0.15) is 0 Å². The number of nitrogens with zero attached hydrogens (tertiary/aromatic N) is 1. The van der Waals surface area contributed by atoms with Gasteiger partial charge in [-0.15, -0.1) is 0 Å². The largest absolute Gasteiger partial charge is 0.383 e. The Morgan fingerprint density at radius 2 is 1.84 bits per heavy atom. The average molecular weight is 351 g/mol. The van der Waals surface area contributed by atoms with Crippen molar-refractivity contribution < 1.29 is 14.3 Å². The molecule has 0 aliphatic carbocycles. The number of ether oxygens (including phenoxy) is 2. The van der Waals surface area contributed by atoms with Crippen LogP contribution in [0.25, 0.3) is 0 Å². The van der Waals surface area contributed by atoms with Crippen LogP contribution in [0.5, 0.6) is 0 Å². The molecule has 6 heteroatoms. The maximum absolute atomic E-state index is 12.4. The lowest BCUT2D eigenvalue weighted by Gasteiger charge is -2.22. The fourth-order valence-electron chi connectivity index (χ4n) is 1.53. The normalized spacial score (nSPS) is 10.5. The predicted molar refractivity (Wildman–Crippen MR) is 78.8 cm³/mol. The summed E-state index contributed by atoms with van der Waals surface area (Å²) in [6.45, 7) is 2.01. The third-order valence-corrected chi connectivity index (χ3v) is 3.82. The fraction of sp³-hybridized carbons (Fsp3) is 0.462. The maximum Gasteiger partial charge on any atom is 0.254 e. The monoisotopic (exact) mass is 349 g/mol. The molecule has 1 amide bonds. The second-order valence-corrected chi connectivity index (χ2v) is 5.17. The van der Waals surface area contributed by atoms with Gasteiger partial charge in [-0.05, 0) is 34.1 Å². The number of carbonyl (C=O) groups excluding carboxylic acids is 1. The SMILES string of the molecule is COCCN(CCOC)C(=O)c1ccc(Br)c(Cl)c1. The third kappa shape index (κ3) is 5.10. The molecule has 4 nitrogen and oxygen atoms in total. The number of carbonyl (C=O) groups is 1. The topological polar surface area (TPSA) is 38.8 Å². The number of amides is 1. The van der Waals surface area contributed by atoms with Gasteiger partial charge >= 0.3 is 0 Å². The summed E-state index contributed by atoms with van der Waals surface area (Å²) < 4.78 is 10.8. The summed E-state index contributed by atoms with van der Waals surface area (Å²) in [4.78, 5) is 14.0. The van der Waals surface area contributed by atoms with Gasteiger partial charge in [0.05, 0.1) is 18.2 Å². The van der Waals surface area contributed by atoms with Crippen LogP contribution in [0.15, 0.2) is 22.7 Å². The number of rotatable bonds is 7. The Kier molecular flexibility index (Phi) is 7.38. The minimum atomic E-state index is -0.0801. The zero-order chi connectivity index (χ0) is 14.3. The summed E-state index contributed by atoms with van der Waals surface area (Å²) in [5, 5.41) is 0.518. The quantitative estimate of drug-likeness (QED) is 0.759. The zero-order valence-electron chi connectivity index (χ0n) is 11.0. The molecule has 0 heterocycles. The van der Waals surface area contributed by atoms with Crippen molar-refractivity contribution in [1.82, 2.24) is 4.90 Å². The minimum absolute atomic E-state index is 0.0801. The van der Waals surface area contributed by atoms with Crippen molar-refractivity contribution >= 4 is 33.4 Å². The van der Waals surface area contributed by atoms with E-state index in [2.05, 4.69) is 15.9 Å². The average Bonchev–Trinajstić information content (AvgIpc) is 2.41. The van der Waals surface area contributed by atoms with E-state index >= 15 is 0 Å². The molecule has 0 N–H and O–H groups in total. The number of hydrogen-bond donors (Lipinski definition) is 0. The molecular formula is C13H17BrClNO3. The van der Waals surface area contributed by atoms with Crippen LogP contribution in [-0.4, -0.2) is 51.3 Å². The van der Waals surface area contributed by atoms with E-state index in [4.69, 9.17) is 21.1 Å². The Bertz CT molecular complexity index is 420. The first-order chi connectivity index (χ1) is 9.10. The maximum atomic E-state index is 12.4. The van der Waals surface area contributed by atoms with Crippen molar-refractivity contribution in [3.63, 3.8) is 0 Å².